The number of hydrogen-bond acceptors (Lipinski definition) is 2. The van der Waals surface area contributed by atoms with Gasteiger partial charge >= 0.3 is 0 Å². The van der Waals surface area contributed by atoms with Crippen LogP contribution in [-0.4, -0.2) is 14.7 Å². The first-order valence-electron chi connectivity index (χ1n) is 5.78. The molecule has 2 aromatic rings. The summed E-state index contributed by atoms with van der Waals surface area (Å²) in [5.41, 5.74) is 0.150. The Balaban J connectivity index is 2.41. The van der Waals surface area contributed by atoms with Crippen LogP contribution in [0, 0.1) is 17.5 Å². The van der Waals surface area contributed by atoms with E-state index in [4.69, 9.17) is 11.6 Å². The van der Waals surface area contributed by atoms with Crippen molar-refractivity contribution in [1.29, 1.82) is 0 Å². The fourth-order valence-electron chi connectivity index (χ4n) is 1.80. The quantitative estimate of drug-likeness (QED) is 0.631. The third-order valence-corrected chi connectivity index (χ3v) is 4.53. The van der Waals surface area contributed by atoms with Gasteiger partial charge in [0.1, 0.15) is 5.82 Å². The van der Waals surface area contributed by atoms with E-state index in [1.165, 1.54) is 24.3 Å². The smallest absolute Gasteiger partial charge is 0.175 e. The molecular weight excluding hydrogens is 325 g/mol. The van der Waals surface area contributed by atoms with Gasteiger partial charge in [0.05, 0.1) is 10.3 Å². The Labute approximate surface area is 125 Å². The highest BCUT2D eigenvalue weighted by Gasteiger charge is 2.19. The van der Waals surface area contributed by atoms with E-state index in [9.17, 15) is 21.6 Å². The van der Waals surface area contributed by atoms with E-state index >= 15 is 0 Å². The SMILES string of the molecule is CS(=O)(=O)c1ccc(C(Cl)c2cc(F)c(F)cc2F)cc1. The molecular formula is C14H10ClF3O2S. The highest BCUT2D eigenvalue weighted by atomic mass is 35.5. The Hall–Kier alpha value is -1.53. The largest absolute Gasteiger partial charge is 0.224 e. The van der Waals surface area contributed by atoms with Gasteiger partial charge in [0.2, 0.25) is 0 Å². The van der Waals surface area contributed by atoms with Crippen molar-refractivity contribution in [3.63, 3.8) is 0 Å². The van der Waals surface area contributed by atoms with Gasteiger partial charge in [-0.3, -0.25) is 0 Å². The first kappa shape index (κ1) is 15.9. The van der Waals surface area contributed by atoms with E-state index in [0.717, 1.165) is 6.26 Å². The predicted molar refractivity (Wildman–Crippen MR) is 73.6 cm³/mol. The summed E-state index contributed by atoms with van der Waals surface area (Å²) in [5.74, 6) is -3.47. The molecule has 0 radical (unpaired) electrons. The van der Waals surface area contributed by atoms with E-state index in [1.807, 2.05) is 0 Å². The van der Waals surface area contributed by atoms with Gasteiger partial charge in [0, 0.05) is 17.9 Å². The van der Waals surface area contributed by atoms with Crippen LogP contribution in [0.4, 0.5) is 13.2 Å². The van der Waals surface area contributed by atoms with Gasteiger partial charge in [0.25, 0.3) is 0 Å². The van der Waals surface area contributed by atoms with Crippen LogP contribution in [0.3, 0.4) is 0 Å². The summed E-state index contributed by atoms with van der Waals surface area (Å²) in [6.07, 6.45) is 1.05. The van der Waals surface area contributed by atoms with Crippen LogP contribution < -0.4 is 0 Å². The van der Waals surface area contributed by atoms with Gasteiger partial charge in [0.15, 0.2) is 21.5 Å². The molecule has 7 heteroatoms. The van der Waals surface area contributed by atoms with Crippen LogP contribution in [0.25, 0.3) is 0 Å². The lowest BCUT2D eigenvalue weighted by molar-refractivity contribution is 0.490. The highest BCUT2D eigenvalue weighted by Crippen LogP contribution is 2.32. The highest BCUT2D eigenvalue weighted by molar-refractivity contribution is 7.90. The summed E-state index contributed by atoms with van der Waals surface area (Å²) in [5, 5.41) is -1.06. The van der Waals surface area contributed by atoms with E-state index in [0.29, 0.717) is 17.7 Å². The van der Waals surface area contributed by atoms with Crippen LogP contribution >= 0.6 is 11.6 Å². The van der Waals surface area contributed by atoms with E-state index in [2.05, 4.69) is 0 Å². The lowest BCUT2D eigenvalue weighted by atomic mass is 10.0. The summed E-state index contributed by atoms with van der Waals surface area (Å²) >= 11 is 6.05. The summed E-state index contributed by atoms with van der Waals surface area (Å²) in [6, 6.07) is 6.54. The van der Waals surface area contributed by atoms with Gasteiger partial charge in [-0.25, -0.2) is 21.6 Å². The lowest BCUT2D eigenvalue weighted by Crippen LogP contribution is -2.01. The second-order valence-electron chi connectivity index (χ2n) is 4.49. The van der Waals surface area contributed by atoms with Crippen molar-refractivity contribution in [3.05, 3.63) is 65.0 Å². The first-order valence-corrected chi connectivity index (χ1v) is 8.11. The fraction of sp³-hybridized carbons (Fsp3) is 0.143. The topological polar surface area (TPSA) is 34.1 Å². The number of halogens is 4. The molecule has 0 bridgehead atoms. The van der Waals surface area contributed by atoms with Gasteiger partial charge < -0.3 is 0 Å². The summed E-state index contributed by atoms with van der Waals surface area (Å²) in [4.78, 5) is 0.0841. The van der Waals surface area contributed by atoms with Crippen molar-refractivity contribution in [2.75, 3.05) is 6.26 Å². The second kappa shape index (κ2) is 5.69. The van der Waals surface area contributed by atoms with Crippen molar-refractivity contribution in [2.45, 2.75) is 10.3 Å². The molecule has 0 fully saturated rings. The van der Waals surface area contributed by atoms with E-state index < -0.39 is 32.7 Å². The average molecular weight is 335 g/mol. The number of alkyl halides is 1. The molecule has 0 N–H and O–H groups in total. The molecule has 1 atom stereocenters. The average Bonchev–Trinajstić information content (AvgIpc) is 2.41. The molecule has 2 aromatic carbocycles. The maximum absolute atomic E-state index is 13.6. The van der Waals surface area contributed by atoms with Gasteiger partial charge in [-0.15, -0.1) is 11.6 Å². The van der Waals surface area contributed by atoms with E-state index in [1.54, 1.807) is 0 Å². The first-order chi connectivity index (χ1) is 9.70. The summed E-state index contributed by atoms with van der Waals surface area (Å²) in [7, 11) is -3.36. The molecule has 2 nitrogen and oxygen atoms in total. The Morgan fingerprint density at radius 3 is 2.00 bits per heavy atom. The van der Waals surface area contributed by atoms with Gasteiger partial charge in [-0.2, -0.15) is 0 Å². The van der Waals surface area contributed by atoms with Crippen molar-refractivity contribution in [2.24, 2.45) is 0 Å². The Bertz CT molecular complexity index is 774. The standard InChI is InChI=1S/C14H10ClF3O2S/c1-21(19,20)9-4-2-8(3-5-9)14(15)10-6-12(17)13(18)7-11(10)16/h2-7,14H,1H3. The van der Waals surface area contributed by atoms with Crippen LogP contribution in [0.2, 0.25) is 0 Å². The molecule has 112 valence electrons. The molecule has 0 heterocycles. The normalized spacial score (nSPS) is 13.2. The Morgan fingerprint density at radius 1 is 0.952 bits per heavy atom. The molecule has 0 aliphatic rings. The third kappa shape index (κ3) is 3.39. The van der Waals surface area contributed by atoms with Crippen LogP contribution in [0.15, 0.2) is 41.3 Å². The molecule has 0 aliphatic heterocycles. The van der Waals surface area contributed by atoms with Crippen molar-refractivity contribution < 1.29 is 21.6 Å². The number of benzene rings is 2. The zero-order valence-electron chi connectivity index (χ0n) is 10.8. The molecule has 2 rings (SSSR count). The minimum Gasteiger partial charge on any atom is -0.224 e. The van der Waals surface area contributed by atoms with Gasteiger partial charge in [-0.05, 0) is 23.8 Å². The number of rotatable bonds is 3. The molecule has 21 heavy (non-hydrogen) atoms. The molecule has 0 spiro atoms. The number of hydrogen-bond donors (Lipinski definition) is 0. The predicted octanol–water partition coefficient (Wildman–Crippen LogP) is 3.84. The maximum atomic E-state index is 13.6. The third-order valence-electron chi connectivity index (χ3n) is 2.91. The molecule has 0 aromatic heterocycles. The molecule has 0 saturated carbocycles. The lowest BCUT2D eigenvalue weighted by Gasteiger charge is -2.12. The fourth-order valence-corrected chi connectivity index (χ4v) is 2.74. The molecule has 1 unspecified atom stereocenters. The van der Waals surface area contributed by atoms with Crippen molar-refractivity contribution in [3.8, 4) is 0 Å². The van der Waals surface area contributed by atoms with Gasteiger partial charge in [-0.1, -0.05) is 12.1 Å². The minimum atomic E-state index is -3.36. The van der Waals surface area contributed by atoms with Crippen molar-refractivity contribution >= 4 is 21.4 Å². The molecule has 0 aliphatic carbocycles. The Kier molecular flexibility index (Phi) is 4.30. The summed E-state index contributed by atoms with van der Waals surface area (Å²) in [6.45, 7) is 0. The van der Waals surface area contributed by atoms with Crippen LogP contribution in [-0.2, 0) is 9.84 Å². The maximum Gasteiger partial charge on any atom is 0.175 e. The monoisotopic (exact) mass is 334 g/mol. The van der Waals surface area contributed by atoms with Crippen LogP contribution in [0.1, 0.15) is 16.5 Å². The molecule has 0 amide bonds. The minimum absolute atomic E-state index is 0.0841. The van der Waals surface area contributed by atoms with Crippen molar-refractivity contribution in [1.82, 2.24) is 0 Å². The van der Waals surface area contributed by atoms with E-state index in [-0.39, 0.29) is 10.5 Å². The summed E-state index contributed by atoms with van der Waals surface area (Å²) < 4.78 is 62.4. The second-order valence-corrected chi connectivity index (χ2v) is 6.94. The van der Waals surface area contributed by atoms with Crippen LogP contribution in [0.5, 0.6) is 0 Å². The number of sulfone groups is 1. The Morgan fingerprint density at radius 2 is 1.48 bits per heavy atom. The molecule has 0 saturated heterocycles. The zero-order chi connectivity index (χ0) is 15.8. The zero-order valence-corrected chi connectivity index (χ0v) is 12.4.